The van der Waals surface area contributed by atoms with Crippen molar-refractivity contribution >= 4 is 11.6 Å². The molecule has 134 valence electrons. The summed E-state index contributed by atoms with van der Waals surface area (Å²) in [5.74, 6) is 1.30. The Morgan fingerprint density at radius 2 is 1.76 bits per heavy atom. The lowest BCUT2D eigenvalue weighted by atomic mass is 10.1. The zero-order chi connectivity index (χ0) is 18.4. The van der Waals surface area contributed by atoms with E-state index in [-0.39, 0.29) is 5.91 Å². The number of aryl methyl sites for hydroxylation is 2. The van der Waals surface area contributed by atoms with Gasteiger partial charge in [0.2, 0.25) is 5.91 Å². The first-order chi connectivity index (χ1) is 11.9. The maximum absolute atomic E-state index is 12.2. The fourth-order valence-electron chi connectivity index (χ4n) is 2.78. The molecule has 0 aliphatic rings. The summed E-state index contributed by atoms with van der Waals surface area (Å²) in [4.78, 5) is 14.2. The Morgan fingerprint density at radius 1 is 1.04 bits per heavy atom. The van der Waals surface area contributed by atoms with Gasteiger partial charge in [-0.1, -0.05) is 23.8 Å². The van der Waals surface area contributed by atoms with Crippen molar-refractivity contribution in [3.63, 3.8) is 0 Å². The van der Waals surface area contributed by atoms with E-state index in [0.717, 1.165) is 16.8 Å². The van der Waals surface area contributed by atoms with Crippen molar-refractivity contribution in [3.05, 3.63) is 53.1 Å². The molecule has 2 aromatic carbocycles. The topological polar surface area (TPSA) is 50.8 Å². The monoisotopic (exact) mass is 342 g/mol. The first-order valence-electron chi connectivity index (χ1n) is 8.20. The van der Waals surface area contributed by atoms with Gasteiger partial charge in [0, 0.05) is 19.3 Å². The average molecular weight is 342 g/mol. The molecule has 0 saturated carbocycles. The Balaban J connectivity index is 1.94. The number of rotatable bonds is 7. The van der Waals surface area contributed by atoms with Crippen LogP contribution in [0, 0.1) is 13.8 Å². The van der Waals surface area contributed by atoms with Crippen molar-refractivity contribution in [2.24, 2.45) is 0 Å². The predicted octanol–water partition coefficient (Wildman–Crippen LogP) is 3.07. The van der Waals surface area contributed by atoms with E-state index in [2.05, 4.69) is 31.3 Å². The lowest BCUT2D eigenvalue weighted by Gasteiger charge is -2.21. The summed E-state index contributed by atoms with van der Waals surface area (Å²) < 4.78 is 10.5. The van der Waals surface area contributed by atoms with Crippen LogP contribution in [0.2, 0.25) is 0 Å². The zero-order valence-electron chi connectivity index (χ0n) is 15.6. The molecule has 2 rings (SSSR count). The van der Waals surface area contributed by atoms with Gasteiger partial charge in [0.1, 0.15) is 0 Å². The maximum atomic E-state index is 12.2. The summed E-state index contributed by atoms with van der Waals surface area (Å²) in [5, 5.41) is 2.94. The molecule has 0 aliphatic carbocycles. The molecule has 0 unspecified atom stereocenters. The second kappa shape index (κ2) is 8.42. The minimum absolute atomic E-state index is 0.0303. The molecule has 2 aromatic rings. The minimum atomic E-state index is -0.0303. The van der Waals surface area contributed by atoms with E-state index in [4.69, 9.17) is 9.47 Å². The first kappa shape index (κ1) is 18.6. The summed E-state index contributed by atoms with van der Waals surface area (Å²) in [6.07, 6.45) is 0. The van der Waals surface area contributed by atoms with E-state index >= 15 is 0 Å². The van der Waals surface area contributed by atoms with Crippen LogP contribution in [0.25, 0.3) is 0 Å². The van der Waals surface area contributed by atoms with Crippen molar-refractivity contribution in [1.29, 1.82) is 0 Å². The summed E-state index contributed by atoms with van der Waals surface area (Å²) in [7, 11) is 5.12. The van der Waals surface area contributed by atoms with E-state index in [9.17, 15) is 4.79 Å². The number of methoxy groups -OCH3 is 2. The van der Waals surface area contributed by atoms with Gasteiger partial charge < -0.3 is 19.7 Å². The summed E-state index contributed by atoms with van der Waals surface area (Å²) in [6, 6.07) is 11.8. The summed E-state index contributed by atoms with van der Waals surface area (Å²) >= 11 is 0. The van der Waals surface area contributed by atoms with Gasteiger partial charge in [-0.25, -0.2) is 0 Å². The van der Waals surface area contributed by atoms with Crippen molar-refractivity contribution in [2.75, 3.05) is 32.7 Å². The van der Waals surface area contributed by atoms with Crippen molar-refractivity contribution < 1.29 is 14.3 Å². The van der Waals surface area contributed by atoms with Crippen LogP contribution < -0.4 is 19.7 Å². The van der Waals surface area contributed by atoms with E-state index in [1.165, 1.54) is 5.56 Å². The normalized spacial score (nSPS) is 10.3. The van der Waals surface area contributed by atoms with Gasteiger partial charge in [0.25, 0.3) is 0 Å². The molecule has 0 saturated heterocycles. The maximum Gasteiger partial charge on any atom is 0.239 e. The molecule has 0 bridgehead atoms. The minimum Gasteiger partial charge on any atom is -0.493 e. The first-order valence-corrected chi connectivity index (χ1v) is 8.20. The molecule has 1 amide bonds. The van der Waals surface area contributed by atoms with Gasteiger partial charge in [0.05, 0.1) is 20.8 Å². The number of hydrogen-bond donors (Lipinski definition) is 1. The molecule has 0 aromatic heterocycles. The van der Waals surface area contributed by atoms with Crippen LogP contribution in [-0.2, 0) is 11.3 Å². The van der Waals surface area contributed by atoms with Crippen molar-refractivity contribution in [3.8, 4) is 11.5 Å². The fourth-order valence-corrected chi connectivity index (χ4v) is 2.78. The lowest BCUT2D eigenvalue weighted by Crippen LogP contribution is -2.35. The van der Waals surface area contributed by atoms with Crippen molar-refractivity contribution in [1.82, 2.24) is 5.32 Å². The molecule has 5 heteroatoms. The molecule has 0 radical (unpaired) electrons. The van der Waals surface area contributed by atoms with Crippen molar-refractivity contribution in [2.45, 2.75) is 20.4 Å². The third-order valence-corrected chi connectivity index (χ3v) is 4.08. The number of nitrogens with one attached hydrogen (secondary N) is 1. The van der Waals surface area contributed by atoms with E-state index in [1.807, 2.05) is 36.2 Å². The molecular weight excluding hydrogens is 316 g/mol. The van der Waals surface area contributed by atoms with Gasteiger partial charge >= 0.3 is 0 Å². The molecule has 25 heavy (non-hydrogen) atoms. The molecule has 0 fully saturated rings. The van der Waals surface area contributed by atoms with Gasteiger partial charge in [0.15, 0.2) is 11.5 Å². The van der Waals surface area contributed by atoms with Crippen LogP contribution in [0.1, 0.15) is 16.7 Å². The van der Waals surface area contributed by atoms with Crippen LogP contribution in [-0.4, -0.2) is 33.7 Å². The number of nitrogens with zero attached hydrogens (tertiary/aromatic N) is 1. The van der Waals surface area contributed by atoms with Crippen LogP contribution in [0.3, 0.4) is 0 Å². The highest BCUT2D eigenvalue weighted by atomic mass is 16.5. The molecule has 0 heterocycles. The molecule has 1 N–H and O–H groups in total. The number of carbonyl (C=O) groups excluding carboxylic acids is 1. The molecule has 5 nitrogen and oxygen atoms in total. The number of amides is 1. The molecule has 0 aliphatic heterocycles. The van der Waals surface area contributed by atoms with Gasteiger partial charge in [-0.15, -0.1) is 0 Å². The molecular formula is C20H26N2O3. The van der Waals surface area contributed by atoms with Gasteiger partial charge in [-0.2, -0.15) is 0 Å². The Kier molecular flexibility index (Phi) is 6.28. The second-order valence-electron chi connectivity index (χ2n) is 6.11. The predicted molar refractivity (Wildman–Crippen MR) is 101 cm³/mol. The third-order valence-electron chi connectivity index (χ3n) is 4.08. The summed E-state index contributed by atoms with van der Waals surface area (Å²) in [5.41, 5.74) is 4.40. The number of hydrogen-bond acceptors (Lipinski definition) is 4. The third kappa shape index (κ3) is 4.89. The fraction of sp³-hybridized carbons (Fsp3) is 0.350. The quantitative estimate of drug-likeness (QED) is 0.840. The Morgan fingerprint density at radius 3 is 2.40 bits per heavy atom. The molecule has 0 atom stereocenters. The largest absolute Gasteiger partial charge is 0.493 e. The Labute approximate surface area is 149 Å². The second-order valence-corrected chi connectivity index (χ2v) is 6.11. The Bertz CT molecular complexity index is 744. The van der Waals surface area contributed by atoms with Crippen LogP contribution in [0.5, 0.6) is 11.5 Å². The highest BCUT2D eigenvalue weighted by molar-refractivity contribution is 5.81. The standard InChI is InChI=1S/C20H26N2O3/c1-14-6-8-17(15(2)10-14)22(3)13-20(23)21-12-16-7-9-18(24-4)19(11-16)25-5/h6-11H,12-13H2,1-5H3,(H,21,23). The zero-order valence-corrected chi connectivity index (χ0v) is 15.6. The molecule has 0 spiro atoms. The van der Waals surface area contributed by atoms with E-state index in [0.29, 0.717) is 24.6 Å². The highest BCUT2D eigenvalue weighted by Gasteiger charge is 2.10. The number of likely N-dealkylation sites (N-methyl/N-ethyl adjacent to an activating group) is 1. The van der Waals surface area contributed by atoms with Gasteiger partial charge in [-0.3, -0.25) is 4.79 Å². The average Bonchev–Trinajstić information content (AvgIpc) is 2.59. The Hall–Kier alpha value is -2.69. The SMILES string of the molecule is COc1ccc(CNC(=O)CN(C)c2ccc(C)cc2C)cc1OC. The van der Waals surface area contributed by atoms with Gasteiger partial charge in [-0.05, 0) is 43.2 Å². The number of anilines is 1. The van der Waals surface area contributed by atoms with Crippen LogP contribution in [0.15, 0.2) is 36.4 Å². The summed E-state index contributed by atoms with van der Waals surface area (Å²) in [6.45, 7) is 4.87. The number of carbonyl (C=O) groups is 1. The van der Waals surface area contributed by atoms with Crippen LogP contribution in [0.4, 0.5) is 5.69 Å². The van der Waals surface area contributed by atoms with E-state index < -0.39 is 0 Å². The highest BCUT2D eigenvalue weighted by Crippen LogP contribution is 2.27. The van der Waals surface area contributed by atoms with E-state index in [1.54, 1.807) is 14.2 Å². The lowest BCUT2D eigenvalue weighted by molar-refractivity contribution is -0.119. The smallest absolute Gasteiger partial charge is 0.239 e. The number of benzene rings is 2. The number of ether oxygens (including phenoxy) is 2. The van der Waals surface area contributed by atoms with Crippen LogP contribution >= 0.6 is 0 Å².